The van der Waals surface area contributed by atoms with Gasteiger partial charge in [0.1, 0.15) is 0 Å². The number of nitrogens with one attached hydrogen (secondary N) is 3. The van der Waals surface area contributed by atoms with Gasteiger partial charge in [0.25, 0.3) is 0 Å². The van der Waals surface area contributed by atoms with E-state index in [9.17, 15) is 9.59 Å². The van der Waals surface area contributed by atoms with Gasteiger partial charge in [0.05, 0.1) is 0 Å². The summed E-state index contributed by atoms with van der Waals surface area (Å²) in [6.07, 6.45) is 3.07. The second-order valence-electron chi connectivity index (χ2n) is 5.79. The molecule has 0 unspecified atom stereocenters. The lowest BCUT2D eigenvalue weighted by atomic mass is 9.97. The molecule has 1 aromatic rings. The third kappa shape index (κ3) is 4.31. The van der Waals surface area contributed by atoms with Crippen LogP contribution in [0, 0.1) is 12.8 Å². The Kier molecular flexibility index (Phi) is 5.95. The Morgan fingerprint density at radius 3 is 2.45 bits per heavy atom. The maximum atomic E-state index is 12.3. The van der Waals surface area contributed by atoms with Gasteiger partial charge in [-0.2, -0.15) is 0 Å². The molecule has 0 bridgehead atoms. The molecule has 0 atom stereocenters. The average molecular weight is 303 g/mol. The van der Waals surface area contributed by atoms with Crippen LogP contribution in [0.3, 0.4) is 0 Å². The molecule has 5 heteroatoms. The van der Waals surface area contributed by atoms with E-state index in [2.05, 4.69) is 16.0 Å². The zero-order chi connectivity index (χ0) is 15.9. The van der Waals surface area contributed by atoms with Crippen molar-refractivity contribution in [2.24, 2.45) is 5.92 Å². The first-order valence-electron chi connectivity index (χ1n) is 8.03. The quantitative estimate of drug-likeness (QED) is 0.783. The lowest BCUT2D eigenvalue weighted by Gasteiger charge is -2.22. The molecule has 0 spiro atoms. The van der Waals surface area contributed by atoms with Crippen molar-refractivity contribution in [2.45, 2.75) is 39.5 Å². The number of carbonyl (C=O) groups excluding carboxylic acids is 2. The fraction of sp³-hybridized carbons (Fsp3) is 0.529. The van der Waals surface area contributed by atoms with E-state index in [1.165, 1.54) is 0 Å². The van der Waals surface area contributed by atoms with Crippen molar-refractivity contribution in [1.82, 2.24) is 5.32 Å². The van der Waals surface area contributed by atoms with E-state index in [1.54, 1.807) is 0 Å². The molecule has 0 aromatic heterocycles. The van der Waals surface area contributed by atoms with Crippen LogP contribution in [0.4, 0.5) is 11.4 Å². The first kappa shape index (κ1) is 16.5. The van der Waals surface area contributed by atoms with E-state index >= 15 is 0 Å². The largest absolute Gasteiger partial charge is 0.326 e. The number of rotatable bonds is 5. The summed E-state index contributed by atoms with van der Waals surface area (Å²) in [6.45, 7) is 5.68. The predicted octanol–water partition coefficient (Wildman–Crippen LogP) is 2.67. The molecule has 2 amide bonds. The Morgan fingerprint density at radius 1 is 1.18 bits per heavy atom. The van der Waals surface area contributed by atoms with Gasteiger partial charge in [-0.05, 0) is 57.0 Å². The molecule has 5 nitrogen and oxygen atoms in total. The average Bonchev–Trinajstić information content (AvgIpc) is 2.52. The van der Waals surface area contributed by atoms with Crippen molar-refractivity contribution in [1.29, 1.82) is 0 Å². The van der Waals surface area contributed by atoms with Crippen LogP contribution in [0.1, 0.15) is 38.2 Å². The summed E-state index contributed by atoms with van der Waals surface area (Å²) in [5.41, 5.74) is 2.44. The Labute approximate surface area is 131 Å². The summed E-state index contributed by atoms with van der Waals surface area (Å²) >= 11 is 0. The first-order chi connectivity index (χ1) is 10.6. The van der Waals surface area contributed by atoms with Gasteiger partial charge in [0.15, 0.2) is 0 Å². The van der Waals surface area contributed by atoms with Crippen LogP contribution >= 0.6 is 0 Å². The maximum Gasteiger partial charge on any atom is 0.227 e. The Hall–Kier alpha value is -1.88. The molecule has 0 aliphatic carbocycles. The monoisotopic (exact) mass is 303 g/mol. The SMILES string of the molecule is CCCC(=O)Nc1cccc(NC(=O)C2CCNCC2)c1C. The normalized spacial score (nSPS) is 15.4. The molecule has 1 saturated heterocycles. The summed E-state index contributed by atoms with van der Waals surface area (Å²) in [6, 6.07) is 5.60. The van der Waals surface area contributed by atoms with Crippen molar-refractivity contribution in [3.8, 4) is 0 Å². The molecule has 0 saturated carbocycles. The van der Waals surface area contributed by atoms with Crippen molar-refractivity contribution in [2.75, 3.05) is 23.7 Å². The Bertz CT molecular complexity index is 537. The summed E-state index contributed by atoms with van der Waals surface area (Å²) in [7, 11) is 0. The lowest BCUT2D eigenvalue weighted by molar-refractivity contribution is -0.120. The lowest BCUT2D eigenvalue weighted by Crippen LogP contribution is -2.34. The standard InChI is InChI=1S/C17H25N3O2/c1-3-5-16(21)19-14-6-4-7-15(12(14)2)20-17(22)13-8-10-18-11-9-13/h4,6-7,13,18H,3,5,8-11H2,1-2H3,(H,19,21)(H,20,22). The van der Waals surface area contributed by atoms with Gasteiger partial charge in [0, 0.05) is 23.7 Å². The van der Waals surface area contributed by atoms with E-state index in [0.717, 1.165) is 49.3 Å². The number of hydrogen-bond acceptors (Lipinski definition) is 3. The van der Waals surface area contributed by atoms with Crippen LogP contribution in [0.2, 0.25) is 0 Å². The molecule has 2 rings (SSSR count). The summed E-state index contributed by atoms with van der Waals surface area (Å²) in [4.78, 5) is 24.1. The summed E-state index contributed by atoms with van der Waals surface area (Å²) in [5, 5.41) is 9.17. The number of carbonyl (C=O) groups is 2. The van der Waals surface area contributed by atoms with Crippen LogP contribution in [-0.4, -0.2) is 24.9 Å². The fourth-order valence-electron chi connectivity index (χ4n) is 2.67. The molecule has 120 valence electrons. The van der Waals surface area contributed by atoms with E-state index < -0.39 is 0 Å². The highest BCUT2D eigenvalue weighted by molar-refractivity contribution is 5.96. The van der Waals surface area contributed by atoms with Gasteiger partial charge in [-0.1, -0.05) is 13.0 Å². The first-order valence-corrected chi connectivity index (χ1v) is 8.03. The molecule has 0 radical (unpaired) electrons. The summed E-state index contributed by atoms with van der Waals surface area (Å²) in [5.74, 6) is 0.146. The highest BCUT2D eigenvalue weighted by Crippen LogP contribution is 2.25. The maximum absolute atomic E-state index is 12.3. The highest BCUT2D eigenvalue weighted by atomic mass is 16.2. The second-order valence-corrected chi connectivity index (χ2v) is 5.79. The third-order valence-electron chi connectivity index (χ3n) is 4.05. The molecule has 1 aromatic carbocycles. The fourth-order valence-corrected chi connectivity index (χ4v) is 2.67. The Morgan fingerprint density at radius 2 is 1.82 bits per heavy atom. The van der Waals surface area contributed by atoms with E-state index in [-0.39, 0.29) is 17.7 Å². The van der Waals surface area contributed by atoms with Gasteiger partial charge in [-0.15, -0.1) is 0 Å². The number of benzene rings is 1. The van der Waals surface area contributed by atoms with E-state index in [0.29, 0.717) is 6.42 Å². The Balaban J connectivity index is 2.04. The highest BCUT2D eigenvalue weighted by Gasteiger charge is 2.21. The molecule has 3 N–H and O–H groups in total. The van der Waals surface area contributed by atoms with Crippen molar-refractivity contribution in [3.63, 3.8) is 0 Å². The van der Waals surface area contributed by atoms with Crippen LogP contribution in [0.25, 0.3) is 0 Å². The minimum Gasteiger partial charge on any atom is -0.326 e. The van der Waals surface area contributed by atoms with Crippen LogP contribution in [-0.2, 0) is 9.59 Å². The van der Waals surface area contributed by atoms with Crippen LogP contribution in [0.5, 0.6) is 0 Å². The van der Waals surface area contributed by atoms with Crippen molar-refractivity contribution in [3.05, 3.63) is 23.8 Å². The zero-order valence-electron chi connectivity index (χ0n) is 13.4. The third-order valence-corrected chi connectivity index (χ3v) is 4.05. The van der Waals surface area contributed by atoms with Gasteiger partial charge in [-0.3, -0.25) is 9.59 Å². The number of anilines is 2. The van der Waals surface area contributed by atoms with Crippen LogP contribution < -0.4 is 16.0 Å². The van der Waals surface area contributed by atoms with E-state index in [4.69, 9.17) is 0 Å². The van der Waals surface area contributed by atoms with Gasteiger partial charge < -0.3 is 16.0 Å². The molecule has 1 aliphatic heterocycles. The smallest absolute Gasteiger partial charge is 0.227 e. The molecule has 1 fully saturated rings. The minimum absolute atomic E-state index is 0.00688. The number of hydrogen-bond donors (Lipinski definition) is 3. The predicted molar refractivity (Wildman–Crippen MR) is 88.9 cm³/mol. The van der Waals surface area contributed by atoms with Gasteiger partial charge >= 0.3 is 0 Å². The van der Waals surface area contributed by atoms with Gasteiger partial charge in [0.2, 0.25) is 11.8 Å². The molecule has 1 heterocycles. The number of piperidine rings is 1. The van der Waals surface area contributed by atoms with Gasteiger partial charge in [-0.25, -0.2) is 0 Å². The second kappa shape index (κ2) is 7.94. The topological polar surface area (TPSA) is 70.2 Å². The van der Waals surface area contributed by atoms with Crippen molar-refractivity contribution >= 4 is 23.2 Å². The van der Waals surface area contributed by atoms with Crippen LogP contribution in [0.15, 0.2) is 18.2 Å². The van der Waals surface area contributed by atoms with E-state index in [1.807, 2.05) is 32.0 Å². The molecule has 1 aliphatic rings. The summed E-state index contributed by atoms with van der Waals surface area (Å²) < 4.78 is 0. The molecule has 22 heavy (non-hydrogen) atoms. The molecular formula is C17H25N3O2. The number of amides is 2. The molecular weight excluding hydrogens is 278 g/mol. The van der Waals surface area contributed by atoms with Crippen molar-refractivity contribution < 1.29 is 9.59 Å². The zero-order valence-corrected chi connectivity index (χ0v) is 13.4. The minimum atomic E-state index is 0.00688.